The smallest absolute Gasteiger partial charge is 0.176 e. The van der Waals surface area contributed by atoms with Crippen molar-refractivity contribution in [2.24, 2.45) is 0 Å². The number of hydrogen-bond acceptors (Lipinski definition) is 2. The summed E-state index contributed by atoms with van der Waals surface area (Å²) in [7, 11) is 0. The zero-order chi connectivity index (χ0) is 13.2. The van der Waals surface area contributed by atoms with E-state index >= 15 is 0 Å². The van der Waals surface area contributed by atoms with Crippen molar-refractivity contribution in [3.63, 3.8) is 0 Å². The van der Waals surface area contributed by atoms with Crippen LogP contribution >= 0.6 is 11.8 Å². The molecule has 94 valence electrons. The maximum atomic E-state index is 11.7. The zero-order valence-corrected chi connectivity index (χ0v) is 11.3. The van der Waals surface area contributed by atoms with E-state index in [1.165, 1.54) is 0 Å². The van der Waals surface area contributed by atoms with Crippen LogP contribution in [0.1, 0.15) is 17.4 Å². The molecule has 1 heterocycles. The molecule has 3 aromatic rings. The molecule has 19 heavy (non-hydrogen) atoms. The van der Waals surface area contributed by atoms with Gasteiger partial charge >= 0.3 is 0 Å². The van der Waals surface area contributed by atoms with Crippen LogP contribution in [0.4, 0.5) is 0 Å². The molecule has 0 amide bonds. The third-order valence-electron chi connectivity index (χ3n) is 2.99. The minimum Gasteiger partial charge on any atom is -0.346 e. The summed E-state index contributed by atoms with van der Waals surface area (Å²) >= 11 is 1.65. The van der Waals surface area contributed by atoms with Gasteiger partial charge in [-0.2, -0.15) is 0 Å². The van der Waals surface area contributed by atoms with Crippen LogP contribution in [-0.4, -0.2) is 10.8 Å². The fourth-order valence-corrected chi connectivity index (χ4v) is 3.08. The monoisotopic (exact) mass is 267 g/mol. The van der Waals surface area contributed by atoms with Crippen LogP contribution in [0.3, 0.4) is 0 Å². The number of carbonyl (C=O) groups excluding carboxylic acids is 1. The number of fused-ring (bicyclic) bond motifs is 1. The van der Waals surface area contributed by atoms with Gasteiger partial charge in [-0.1, -0.05) is 54.2 Å². The number of nitrogens with one attached hydrogen (secondary N) is 1. The van der Waals surface area contributed by atoms with Gasteiger partial charge in [0, 0.05) is 22.6 Å². The van der Waals surface area contributed by atoms with Crippen LogP contribution in [-0.2, 0) is 0 Å². The number of carbonyl (C=O) groups is 1. The second-order valence-corrected chi connectivity index (χ2v) is 5.43. The first kappa shape index (κ1) is 12.1. The van der Waals surface area contributed by atoms with Gasteiger partial charge in [-0.25, -0.2) is 0 Å². The molecule has 0 spiro atoms. The molecule has 0 radical (unpaired) electrons. The maximum Gasteiger partial charge on any atom is 0.176 e. The van der Waals surface area contributed by atoms with Gasteiger partial charge in [0.05, 0.1) is 10.7 Å². The number of rotatable bonds is 3. The number of hydrogen-bond donors (Lipinski definition) is 1. The molecule has 2 nitrogen and oxygen atoms in total. The highest BCUT2D eigenvalue weighted by Gasteiger charge is 2.13. The fourth-order valence-electron chi connectivity index (χ4n) is 2.11. The van der Waals surface area contributed by atoms with Crippen LogP contribution in [0.15, 0.2) is 64.5 Å². The Hall–Kier alpha value is -2.00. The molecule has 3 rings (SSSR count). The van der Waals surface area contributed by atoms with Crippen molar-refractivity contribution in [3.05, 3.63) is 60.3 Å². The van der Waals surface area contributed by atoms with Gasteiger partial charge < -0.3 is 4.98 Å². The van der Waals surface area contributed by atoms with E-state index in [1.54, 1.807) is 18.7 Å². The minimum absolute atomic E-state index is 0.0658. The van der Waals surface area contributed by atoms with Crippen LogP contribution in [0.2, 0.25) is 0 Å². The SMILES string of the molecule is CC(=O)c1[nH]c(Sc2ccccc2)c2ccccc12. The number of Topliss-reactive ketones (excluding diaryl/α,β-unsaturated/α-hetero) is 1. The molecule has 0 atom stereocenters. The minimum atomic E-state index is 0.0658. The van der Waals surface area contributed by atoms with E-state index in [0.717, 1.165) is 20.7 Å². The summed E-state index contributed by atoms with van der Waals surface area (Å²) in [6.45, 7) is 1.59. The summed E-state index contributed by atoms with van der Waals surface area (Å²) in [5, 5.41) is 3.11. The van der Waals surface area contributed by atoms with Gasteiger partial charge in [-0.15, -0.1) is 0 Å². The van der Waals surface area contributed by atoms with E-state index in [-0.39, 0.29) is 5.78 Å². The lowest BCUT2D eigenvalue weighted by molar-refractivity contribution is 0.101. The van der Waals surface area contributed by atoms with Gasteiger partial charge in [0.1, 0.15) is 0 Å². The van der Waals surface area contributed by atoms with E-state index in [1.807, 2.05) is 42.5 Å². The predicted molar refractivity (Wildman–Crippen MR) is 78.9 cm³/mol. The normalized spacial score (nSPS) is 10.8. The molecule has 2 aromatic carbocycles. The highest BCUT2D eigenvalue weighted by Crippen LogP contribution is 2.34. The summed E-state index contributed by atoms with van der Waals surface area (Å²) in [5.74, 6) is 0.0658. The molecule has 0 saturated heterocycles. The van der Waals surface area contributed by atoms with Crippen LogP contribution in [0, 0.1) is 0 Å². The lowest BCUT2D eigenvalue weighted by atomic mass is 10.1. The molecule has 0 saturated carbocycles. The first-order chi connectivity index (χ1) is 9.25. The Bertz CT molecular complexity index is 731. The van der Waals surface area contributed by atoms with E-state index in [2.05, 4.69) is 17.1 Å². The standard InChI is InChI=1S/C16H13NOS/c1-11(18)15-13-9-5-6-10-14(13)16(17-15)19-12-7-3-2-4-8-12/h2-10,17H,1H3. The van der Waals surface area contributed by atoms with Gasteiger partial charge in [-0.3, -0.25) is 4.79 Å². The van der Waals surface area contributed by atoms with Crippen molar-refractivity contribution >= 4 is 28.3 Å². The summed E-state index contributed by atoms with van der Waals surface area (Å²) in [4.78, 5) is 16.1. The van der Waals surface area contributed by atoms with E-state index in [0.29, 0.717) is 5.69 Å². The molecule has 0 unspecified atom stereocenters. The summed E-state index contributed by atoms with van der Waals surface area (Å²) in [6, 6.07) is 18.1. The third-order valence-corrected chi connectivity index (χ3v) is 4.03. The van der Waals surface area contributed by atoms with Crippen molar-refractivity contribution in [1.82, 2.24) is 4.98 Å². The summed E-state index contributed by atoms with van der Waals surface area (Å²) in [6.07, 6.45) is 0. The summed E-state index contributed by atoms with van der Waals surface area (Å²) < 4.78 is 0. The second-order valence-electron chi connectivity index (χ2n) is 4.35. The Morgan fingerprint density at radius 2 is 1.58 bits per heavy atom. The Morgan fingerprint density at radius 1 is 0.947 bits per heavy atom. The quantitative estimate of drug-likeness (QED) is 0.708. The lowest BCUT2D eigenvalue weighted by Gasteiger charge is -1.99. The number of aromatic nitrogens is 1. The molecule has 0 aliphatic carbocycles. The highest BCUT2D eigenvalue weighted by atomic mass is 32.2. The van der Waals surface area contributed by atoms with E-state index in [4.69, 9.17) is 0 Å². The molecule has 0 fully saturated rings. The van der Waals surface area contributed by atoms with E-state index in [9.17, 15) is 4.79 Å². The van der Waals surface area contributed by atoms with E-state index < -0.39 is 0 Å². The van der Waals surface area contributed by atoms with Gasteiger partial charge in [0.15, 0.2) is 5.78 Å². The van der Waals surface area contributed by atoms with Crippen molar-refractivity contribution in [2.45, 2.75) is 16.8 Å². The Kier molecular flexibility index (Phi) is 3.13. The molecule has 1 aromatic heterocycles. The highest BCUT2D eigenvalue weighted by molar-refractivity contribution is 7.99. The van der Waals surface area contributed by atoms with Crippen molar-refractivity contribution in [1.29, 1.82) is 0 Å². The molecular formula is C16H13NOS. The number of H-pyrrole nitrogens is 1. The number of ketones is 1. The Labute approximate surface area is 115 Å². The van der Waals surface area contributed by atoms with Crippen molar-refractivity contribution in [3.8, 4) is 0 Å². The molecule has 0 bridgehead atoms. The van der Waals surface area contributed by atoms with Gasteiger partial charge in [0.2, 0.25) is 0 Å². The van der Waals surface area contributed by atoms with Gasteiger partial charge in [-0.05, 0) is 12.1 Å². The molecular weight excluding hydrogens is 254 g/mol. The summed E-state index contributed by atoms with van der Waals surface area (Å²) in [5.41, 5.74) is 0.689. The van der Waals surface area contributed by atoms with Crippen LogP contribution in [0.5, 0.6) is 0 Å². The van der Waals surface area contributed by atoms with Crippen molar-refractivity contribution in [2.75, 3.05) is 0 Å². The predicted octanol–water partition coefficient (Wildman–Crippen LogP) is 4.52. The largest absolute Gasteiger partial charge is 0.346 e. The van der Waals surface area contributed by atoms with Gasteiger partial charge in [0.25, 0.3) is 0 Å². The van der Waals surface area contributed by atoms with Crippen LogP contribution in [0.25, 0.3) is 10.8 Å². The Morgan fingerprint density at radius 3 is 2.26 bits per heavy atom. The fraction of sp³-hybridized carbons (Fsp3) is 0.0625. The second kappa shape index (κ2) is 4.94. The lowest BCUT2D eigenvalue weighted by Crippen LogP contribution is -1.92. The van der Waals surface area contributed by atoms with Crippen LogP contribution < -0.4 is 0 Å². The topological polar surface area (TPSA) is 32.9 Å². The first-order valence-electron chi connectivity index (χ1n) is 6.10. The average Bonchev–Trinajstić information content (AvgIpc) is 2.79. The molecule has 1 N–H and O–H groups in total. The number of aromatic amines is 1. The maximum absolute atomic E-state index is 11.7. The first-order valence-corrected chi connectivity index (χ1v) is 6.92. The number of benzene rings is 2. The van der Waals surface area contributed by atoms with Crippen molar-refractivity contribution < 1.29 is 4.79 Å². The molecule has 0 aliphatic rings. The average molecular weight is 267 g/mol. The Balaban J connectivity index is 2.11. The molecule has 0 aliphatic heterocycles. The zero-order valence-electron chi connectivity index (χ0n) is 10.5. The molecule has 3 heteroatoms. The third kappa shape index (κ3) is 2.29.